The van der Waals surface area contributed by atoms with E-state index >= 15 is 0 Å². The molecule has 0 amide bonds. The summed E-state index contributed by atoms with van der Waals surface area (Å²) in [7, 11) is 0. The van der Waals surface area contributed by atoms with Crippen molar-refractivity contribution in [2.24, 2.45) is 5.92 Å². The second-order valence-electron chi connectivity index (χ2n) is 5.31. The molecule has 1 aliphatic rings. The van der Waals surface area contributed by atoms with Crippen LogP contribution in [0.5, 0.6) is 0 Å². The molecule has 0 saturated heterocycles. The Morgan fingerprint density at radius 1 is 1.63 bits per heavy atom. The van der Waals surface area contributed by atoms with Crippen LogP contribution >= 0.6 is 11.3 Å². The molecule has 1 aromatic rings. The van der Waals surface area contributed by atoms with Crippen molar-refractivity contribution in [1.29, 1.82) is 0 Å². The molecule has 4 nitrogen and oxygen atoms in total. The molecule has 1 aliphatic carbocycles. The van der Waals surface area contributed by atoms with E-state index in [0.29, 0.717) is 6.04 Å². The number of rotatable bonds is 5. The molecule has 0 radical (unpaired) electrons. The molecule has 1 heterocycles. The first kappa shape index (κ1) is 14.5. The number of carboxylic acid groups (broad SMARTS) is 1. The molecule has 3 unspecified atom stereocenters. The molecule has 3 atom stereocenters. The molecule has 106 valence electrons. The van der Waals surface area contributed by atoms with Crippen LogP contribution in [0.4, 0.5) is 0 Å². The van der Waals surface area contributed by atoms with Crippen molar-refractivity contribution in [1.82, 2.24) is 10.3 Å². The third-order valence-electron chi connectivity index (χ3n) is 3.80. The predicted octanol–water partition coefficient (Wildman–Crippen LogP) is 3.00. The first-order valence-electron chi connectivity index (χ1n) is 7.03. The van der Waals surface area contributed by atoms with Crippen LogP contribution in [0.2, 0.25) is 0 Å². The molecular weight excluding hydrogens is 260 g/mol. The van der Waals surface area contributed by atoms with Crippen LogP contribution in [-0.4, -0.2) is 22.1 Å². The van der Waals surface area contributed by atoms with E-state index in [2.05, 4.69) is 24.1 Å². The van der Waals surface area contributed by atoms with Crippen LogP contribution in [0.1, 0.15) is 55.5 Å². The minimum Gasteiger partial charge on any atom is -0.481 e. The van der Waals surface area contributed by atoms with Crippen molar-refractivity contribution in [3.8, 4) is 0 Å². The Morgan fingerprint density at radius 2 is 2.42 bits per heavy atom. The van der Waals surface area contributed by atoms with Crippen molar-refractivity contribution >= 4 is 17.3 Å². The van der Waals surface area contributed by atoms with Gasteiger partial charge in [-0.05, 0) is 32.6 Å². The normalized spacial score (nSPS) is 25.2. The minimum atomic E-state index is -0.651. The molecule has 2 N–H and O–H groups in total. The SMILES string of the molecule is CCc1cnc(C(C)NC2CCCC(C(=O)O)C2)s1. The number of aliphatic carboxylic acids is 1. The van der Waals surface area contributed by atoms with Crippen LogP contribution < -0.4 is 5.32 Å². The number of carboxylic acids is 1. The highest BCUT2D eigenvalue weighted by Crippen LogP contribution is 2.27. The fourth-order valence-corrected chi connectivity index (χ4v) is 3.55. The highest BCUT2D eigenvalue weighted by atomic mass is 32.1. The summed E-state index contributed by atoms with van der Waals surface area (Å²) in [4.78, 5) is 16.8. The summed E-state index contributed by atoms with van der Waals surface area (Å²) in [6.45, 7) is 4.25. The van der Waals surface area contributed by atoms with Crippen molar-refractivity contribution in [3.63, 3.8) is 0 Å². The van der Waals surface area contributed by atoms with Crippen molar-refractivity contribution in [2.75, 3.05) is 0 Å². The number of hydrogen-bond acceptors (Lipinski definition) is 4. The summed E-state index contributed by atoms with van der Waals surface area (Å²) in [6.07, 6.45) is 6.60. The smallest absolute Gasteiger partial charge is 0.306 e. The van der Waals surface area contributed by atoms with Gasteiger partial charge in [0.05, 0.1) is 12.0 Å². The van der Waals surface area contributed by atoms with Gasteiger partial charge in [0.15, 0.2) is 0 Å². The average molecular weight is 282 g/mol. The molecule has 0 bridgehead atoms. The van der Waals surface area contributed by atoms with Crippen molar-refractivity contribution in [3.05, 3.63) is 16.1 Å². The highest BCUT2D eigenvalue weighted by Gasteiger charge is 2.28. The maximum absolute atomic E-state index is 11.1. The molecule has 0 aromatic carbocycles. The van der Waals surface area contributed by atoms with Crippen LogP contribution in [-0.2, 0) is 11.2 Å². The molecule has 0 spiro atoms. The van der Waals surface area contributed by atoms with E-state index in [0.717, 1.165) is 37.1 Å². The zero-order valence-corrected chi connectivity index (χ0v) is 12.4. The summed E-state index contributed by atoms with van der Waals surface area (Å²) >= 11 is 1.75. The fourth-order valence-electron chi connectivity index (χ4n) is 2.68. The monoisotopic (exact) mass is 282 g/mol. The fraction of sp³-hybridized carbons (Fsp3) is 0.714. The number of aromatic nitrogens is 1. The molecule has 0 aliphatic heterocycles. The van der Waals surface area contributed by atoms with E-state index in [-0.39, 0.29) is 12.0 Å². The zero-order valence-electron chi connectivity index (χ0n) is 11.6. The van der Waals surface area contributed by atoms with E-state index in [1.54, 1.807) is 11.3 Å². The van der Waals surface area contributed by atoms with Gasteiger partial charge < -0.3 is 10.4 Å². The minimum absolute atomic E-state index is 0.180. The van der Waals surface area contributed by atoms with Gasteiger partial charge >= 0.3 is 5.97 Å². The Balaban J connectivity index is 1.91. The predicted molar refractivity (Wildman–Crippen MR) is 76.4 cm³/mol. The lowest BCUT2D eigenvalue weighted by Crippen LogP contribution is -2.37. The van der Waals surface area contributed by atoms with Gasteiger partial charge in [0.1, 0.15) is 5.01 Å². The van der Waals surface area contributed by atoms with E-state index in [1.807, 2.05) is 6.20 Å². The van der Waals surface area contributed by atoms with Gasteiger partial charge in [0.2, 0.25) is 0 Å². The maximum atomic E-state index is 11.1. The first-order chi connectivity index (χ1) is 9.10. The lowest BCUT2D eigenvalue weighted by molar-refractivity contribution is -0.143. The van der Waals surface area contributed by atoms with Gasteiger partial charge in [-0.3, -0.25) is 4.79 Å². The van der Waals surface area contributed by atoms with Gasteiger partial charge in [-0.2, -0.15) is 0 Å². The van der Waals surface area contributed by atoms with E-state index in [1.165, 1.54) is 4.88 Å². The maximum Gasteiger partial charge on any atom is 0.306 e. The summed E-state index contributed by atoms with van der Waals surface area (Å²) in [5, 5.41) is 13.8. The number of carbonyl (C=O) groups is 1. The van der Waals surface area contributed by atoms with Gasteiger partial charge in [-0.15, -0.1) is 11.3 Å². The third-order valence-corrected chi connectivity index (χ3v) is 5.12. The van der Waals surface area contributed by atoms with Crippen LogP contribution in [0.15, 0.2) is 6.20 Å². The summed E-state index contributed by atoms with van der Waals surface area (Å²) in [6, 6.07) is 0.515. The molecule has 1 saturated carbocycles. The number of aryl methyl sites for hydroxylation is 1. The first-order valence-corrected chi connectivity index (χ1v) is 7.85. The largest absolute Gasteiger partial charge is 0.481 e. The zero-order chi connectivity index (χ0) is 13.8. The molecule has 1 fully saturated rings. The summed E-state index contributed by atoms with van der Waals surface area (Å²) < 4.78 is 0. The Kier molecular flexibility index (Phi) is 4.93. The van der Waals surface area contributed by atoms with Gasteiger partial charge in [0, 0.05) is 17.1 Å². The standard InChI is InChI=1S/C14H22N2O2S/c1-3-12-8-15-13(19-12)9(2)16-11-6-4-5-10(7-11)14(17)18/h8-11,16H,3-7H2,1-2H3,(H,17,18). The lowest BCUT2D eigenvalue weighted by Gasteiger charge is -2.29. The molecular formula is C14H22N2O2S. The van der Waals surface area contributed by atoms with Crippen LogP contribution in [0, 0.1) is 5.92 Å². The van der Waals surface area contributed by atoms with Gasteiger partial charge in [-0.1, -0.05) is 13.3 Å². The van der Waals surface area contributed by atoms with E-state index < -0.39 is 5.97 Å². The number of thiazole rings is 1. The van der Waals surface area contributed by atoms with Gasteiger partial charge in [-0.25, -0.2) is 4.98 Å². The molecule has 1 aromatic heterocycles. The number of nitrogens with zero attached hydrogens (tertiary/aromatic N) is 1. The van der Waals surface area contributed by atoms with E-state index in [4.69, 9.17) is 5.11 Å². The summed E-state index contributed by atoms with van der Waals surface area (Å²) in [5.74, 6) is -0.831. The molecule has 19 heavy (non-hydrogen) atoms. The van der Waals surface area contributed by atoms with Crippen molar-refractivity contribution < 1.29 is 9.90 Å². The second kappa shape index (κ2) is 6.48. The summed E-state index contributed by atoms with van der Waals surface area (Å²) in [5.41, 5.74) is 0. The molecule has 2 rings (SSSR count). The number of nitrogens with one attached hydrogen (secondary N) is 1. The van der Waals surface area contributed by atoms with Crippen LogP contribution in [0.3, 0.4) is 0 Å². The van der Waals surface area contributed by atoms with Crippen LogP contribution in [0.25, 0.3) is 0 Å². The quantitative estimate of drug-likeness (QED) is 0.871. The second-order valence-corrected chi connectivity index (χ2v) is 6.45. The number of hydrogen-bond donors (Lipinski definition) is 2. The average Bonchev–Trinajstić information content (AvgIpc) is 2.88. The lowest BCUT2D eigenvalue weighted by atomic mass is 9.85. The van der Waals surface area contributed by atoms with Crippen molar-refractivity contribution in [2.45, 2.75) is 58.0 Å². The third kappa shape index (κ3) is 3.76. The Bertz CT molecular complexity index is 433. The topological polar surface area (TPSA) is 62.2 Å². The Morgan fingerprint density at radius 3 is 3.05 bits per heavy atom. The Labute approximate surface area is 118 Å². The Hall–Kier alpha value is -0.940. The van der Waals surface area contributed by atoms with Gasteiger partial charge in [0.25, 0.3) is 0 Å². The highest BCUT2D eigenvalue weighted by molar-refractivity contribution is 7.11. The molecule has 5 heteroatoms. The van der Waals surface area contributed by atoms with E-state index in [9.17, 15) is 4.79 Å².